The molecule has 1 aromatic rings. The van der Waals surface area contributed by atoms with Crippen LogP contribution < -0.4 is 4.74 Å². The van der Waals surface area contributed by atoms with Crippen molar-refractivity contribution in [1.29, 1.82) is 0 Å². The van der Waals surface area contributed by atoms with Gasteiger partial charge in [0.25, 0.3) is 0 Å². The van der Waals surface area contributed by atoms with Gasteiger partial charge in [0, 0.05) is 5.92 Å². The van der Waals surface area contributed by atoms with Crippen molar-refractivity contribution in [1.82, 2.24) is 0 Å². The first-order valence-electron chi connectivity index (χ1n) is 5.62. The minimum Gasteiger partial charge on any atom is -0.506 e. The van der Waals surface area contributed by atoms with E-state index >= 15 is 0 Å². The van der Waals surface area contributed by atoms with Crippen molar-refractivity contribution in [3.05, 3.63) is 21.7 Å². The molecule has 4 nitrogen and oxygen atoms in total. The molecule has 0 saturated carbocycles. The largest absolute Gasteiger partial charge is 0.506 e. The van der Waals surface area contributed by atoms with E-state index in [1.54, 1.807) is 20.8 Å². The quantitative estimate of drug-likeness (QED) is 0.367. The number of hydrogen-bond donors (Lipinski definition) is 1. The third-order valence-electron chi connectivity index (χ3n) is 2.50. The van der Waals surface area contributed by atoms with E-state index < -0.39 is 5.97 Å². The summed E-state index contributed by atoms with van der Waals surface area (Å²) in [6, 6.07) is 1.53. The number of aryl methyl sites for hydroxylation is 1. The summed E-state index contributed by atoms with van der Waals surface area (Å²) >= 11 is 6.15. The summed E-state index contributed by atoms with van der Waals surface area (Å²) < 4.78 is 5.31. The van der Waals surface area contributed by atoms with Crippen LogP contribution in [0.4, 0.5) is 0 Å². The van der Waals surface area contributed by atoms with Crippen molar-refractivity contribution < 1.29 is 19.4 Å². The molecule has 0 fully saturated rings. The zero-order chi connectivity index (χ0) is 14.7. The molecule has 0 radical (unpaired) electrons. The molecular weight excluding hydrogens is 380 g/mol. The maximum atomic E-state index is 12.0. The van der Waals surface area contributed by atoms with Crippen molar-refractivity contribution in [2.45, 2.75) is 20.8 Å². The smallest absolute Gasteiger partial charge is 0.322 e. The number of ether oxygens (including phenoxy) is 1. The van der Waals surface area contributed by atoms with Crippen molar-refractivity contribution in [3.63, 3.8) is 0 Å². The van der Waals surface area contributed by atoms with Crippen LogP contribution in [0.5, 0.6) is 11.5 Å². The number of esters is 1. The molecule has 0 heterocycles. The van der Waals surface area contributed by atoms with Crippen LogP contribution in [0.25, 0.3) is 0 Å². The summed E-state index contributed by atoms with van der Waals surface area (Å²) in [5.41, 5.74) is 0.820. The fraction of sp³-hybridized carbons (Fsp3) is 0.385. The number of rotatable bonds is 4. The highest BCUT2D eigenvalue weighted by Crippen LogP contribution is 2.40. The SMILES string of the molecule is Cc1cc(C(=O)C(C)C)c(O)c(Br)c1OC(=O)CBr. The molecule has 1 aromatic carbocycles. The highest BCUT2D eigenvalue weighted by atomic mass is 79.9. The number of phenolic OH excluding ortho intramolecular Hbond substituents is 1. The number of carbonyl (C=O) groups excluding carboxylic acids is 2. The molecule has 0 atom stereocenters. The summed E-state index contributed by atoms with van der Waals surface area (Å²) in [5, 5.41) is 10.1. The van der Waals surface area contributed by atoms with Crippen LogP contribution in [0.2, 0.25) is 0 Å². The molecular formula is C13H14Br2O4. The normalized spacial score (nSPS) is 10.6. The number of carbonyl (C=O) groups is 2. The Morgan fingerprint density at radius 1 is 1.42 bits per heavy atom. The Hall–Kier alpha value is -0.880. The lowest BCUT2D eigenvalue weighted by molar-refractivity contribution is -0.131. The van der Waals surface area contributed by atoms with Gasteiger partial charge in [-0.1, -0.05) is 29.8 Å². The first-order valence-corrected chi connectivity index (χ1v) is 7.54. The van der Waals surface area contributed by atoms with Gasteiger partial charge >= 0.3 is 5.97 Å². The molecule has 1 rings (SSSR count). The lowest BCUT2D eigenvalue weighted by Gasteiger charge is -2.14. The molecule has 0 unspecified atom stereocenters. The van der Waals surface area contributed by atoms with Gasteiger partial charge in [-0.3, -0.25) is 9.59 Å². The molecule has 0 aliphatic carbocycles. The zero-order valence-electron chi connectivity index (χ0n) is 10.8. The average molecular weight is 394 g/mol. The Bertz CT molecular complexity index is 524. The average Bonchev–Trinajstić information content (AvgIpc) is 2.37. The molecule has 0 aliphatic heterocycles. The third kappa shape index (κ3) is 3.57. The lowest BCUT2D eigenvalue weighted by atomic mass is 9.98. The van der Waals surface area contributed by atoms with Crippen molar-refractivity contribution in [2.75, 3.05) is 5.33 Å². The Morgan fingerprint density at radius 3 is 2.47 bits per heavy atom. The number of aromatic hydroxyl groups is 1. The second-order valence-electron chi connectivity index (χ2n) is 4.36. The van der Waals surface area contributed by atoms with E-state index in [-0.39, 0.29) is 38.6 Å². The molecule has 19 heavy (non-hydrogen) atoms. The molecule has 6 heteroatoms. The highest BCUT2D eigenvalue weighted by molar-refractivity contribution is 9.10. The minimum atomic E-state index is -0.480. The molecule has 0 amide bonds. The van der Waals surface area contributed by atoms with Gasteiger partial charge < -0.3 is 9.84 Å². The molecule has 104 valence electrons. The van der Waals surface area contributed by atoms with E-state index in [0.717, 1.165) is 0 Å². The van der Waals surface area contributed by atoms with Crippen molar-refractivity contribution >= 4 is 43.6 Å². The van der Waals surface area contributed by atoms with Crippen LogP contribution >= 0.6 is 31.9 Å². The van der Waals surface area contributed by atoms with Crippen LogP contribution in [-0.4, -0.2) is 22.2 Å². The number of Topliss-reactive ketones (excluding diaryl/α,β-unsaturated/α-hetero) is 1. The number of halogens is 2. The van der Waals surface area contributed by atoms with Gasteiger partial charge in [-0.2, -0.15) is 0 Å². The Labute approximate surface area is 128 Å². The van der Waals surface area contributed by atoms with E-state index in [9.17, 15) is 14.7 Å². The van der Waals surface area contributed by atoms with Crippen molar-refractivity contribution in [3.8, 4) is 11.5 Å². The monoisotopic (exact) mass is 392 g/mol. The van der Waals surface area contributed by atoms with E-state index in [0.29, 0.717) is 5.56 Å². The maximum absolute atomic E-state index is 12.0. The van der Waals surface area contributed by atoms with Gasteiger partial charge in [-0.25, -0.2) is 0 Å². The summed E-state index contributed by atoms with van der Waals surface area (Å²) in [6.45, 7) is 5.21. The van der Waals surface area contributed by atoms with Crippen LogP contribution in [-0.2, 0) is 4.79 Å². The fourth-order valence-corrected chi connectivity index (χ4v) is 2.24. The number of ketones is 1. The molecule has 0 bridgehead atoms. The molecule has 0 aliphatic rings. The van der Waals surface area contributed by atoms with Gasteiger partial charge in [0.2, 0.25) is 0 Å². The van der Waals surface area contributed by atoms with E-state index in [2.05, 4.69) is 31.9 Å². The highest BCUT2D eigenvalue weighted by Gasteiger charge is 2.22. The summed E-state index contributed by atoms with van der Waals surface area (Å²) in [4.78, 5) is 23.2. The van der Waals surface area contributed by atoms with Gasteiger partial charge in [-0.15, -0.1) is 0 Å². The first-order chi connectivity index (χ1) is 8.79. The molecule has 0 saturated heterocycles. The van der Waals surface area contributed by atoms with Crippen LogP contribution in [0.3, 0.4) is 0 Å². The molecule has 1 N–H and O–H groups in total. The Kier molecular flexibility index (Phi) is 5.55. The number of phenols is 1. The van der Waals surface area contributed by atoms with Crippen LogP contribution in [0, 0.1) is 12.8 Å². The van der Waals surface area contributed by atoms with Crippen LogP contribution in [0.1, 0.15) is 29.8 Å². The summed E-state index contributed by atoms with van der Waals surface area (Å²) in [6.07, 6.45) is 0. The van der Waals surface area contributed by atoms with Crippen LogP contribution in [0.15, 0.2) is 10.5 Å². The van der Waals surface area contributed by atoms with Gasteiger partial charge in [-0.05, 0) is 34.5 Å². The Balaban J connectivity index is 3.31. The van der Waals surface area contributed by atoms with E-state index in [4.69, 9.17) is 4.74 Å². The number of hydrogen-bond acceptors (Lipinski definition) is 4. The Morgan fingerprint density at radius 2 is 2.00 bits per heavy atom. The zero-order valence-corrected chi connectivity index (χ0v) is 14.0. The topological polar surface area (TPSA) is 63.6 Å². The standard InChI is InChI=1S/C13H14Br2O4/c1-6(2)11(17)8-4-7(3)13(10(15)12(8)18)19-9(16)5-14/h4,6,18H,5H2,1-3H3. The summed E-state index contributed by atoms with van der Waals surface area (Å²) in [7, 11) is 0. The number of alkyl halides is 1. The van der Waals surface area contributed by atoms with E-state index in [1.807, 2.05) is 0 Å². The second-order valence-corrected chi connectivity index (χ2v) is 5.71. The maximum Gasteiger partial charge on any atom is 0.322 e. The van der Waals surface area contributed by atoms with Crippen molar-refractivity contribution in [2.24, 2.45) is 5.92 Å². The number of benzene rings is 1. The lowest BCUT2D eigenvalue weighted by Crippen LogP contribution is -2.12. The molecule has 0 aromatic heterocycles. The predicted octanol–water partition coefficient (Wildman–Crippen LogP) is 3.60. The predicted molar refractivity (Wildman–Crippen MR) is 79.1 cm³/mol. The van der Waals surface area contributed by atoms with E-state index in [1.165, 1.54) is 6.07 Å². The minimum absolute atomic E-state index is 0.0479. The first kappa shape index (κ1) is 16.2. The van der Waals surface area contributed by atoms with Gasteiger partial charge in [0.05, 0.1) is 5.56 Å². The third-order valence-corrected chi connectivity index (χ3v) is 3.69. The second kappa shape index (κ2) is 6.52. The van der Waals surface area contributed by atoms with Gasteiger partial charge in [0.1, 0.15) is 15.6 Å². The molecule has 0 spiro atoms. The fourth-order valence-electron chi connectivity index (χ4n) is 1.51. The van der Waals surface area contributed by atoms with Gasteiger partial charge in [0.15, 0.2) is 11.5 Å². The summed E-state index contributed by atoms with van der Waals surface area (Å²) in [5.74, 6) is -0.858.